The quantitative estimate of drug-likeness (QED) is 0.150. The Hall–Kier alpha value is -2.52. The minimum absolute atomic E-state index is 0.223. The molecule has 0 saturated carbocycles. The molecule has 3 aromatic rings. The van der Waals surface area contributed by atoms with Crippen LogP contribution < -0.4 is 0 Å². The average molecular weight is 448 g/mol. The number of benzene rings is 3. The van der Waals surface area contributed by atoms with Crippen molar-refractivity contribution in [3.8, 4) is 0 Å². The number of carbonyl (C=O) groups is 1. The average Bonchev–Trinajstić information content (AvgIpc) is 2.84. The standard InChI is InChI=1S/C29H35O2S/c1-2-3-4-5-6-7-8-15-23-31-29(30)25-17-16-22-28(24-25)32(26-18-11-9-12-19-26)27-20-13-10-14-21-27/h9-14,16-22,24H,2-8,15,23H2,1H3/q+1. The molecule has 0 unspecified atom stereocenters. The van der Waals surface area contributed by atoms with E-state index < -0.39 is 0 Å². The first-order chi connectivity index (χ1) is 15.8. The van der Waals surface area contributed by atoms with E-state index >= 15 is 0 Å². The second kappa shape index (κ2) is 13.8. The summed E-state index contributed by atoms with van der Waals surface area (Å²) in [6.45, 7) is 2.75. The molecule has 0 radical (unpaired) electrons. The van der Waals surface area contributed by atoms with Gasteiger partial charge in [-0.15, -0.1) is 0 Å². The van der Waals surface area contributed by atoms with Crippen LogP contribution in [-0.4, -0.2) is 12.6 Å². The normalized spacial score (nSPS) is 10.9. The smallest absolute Gasteiger partial charge is 0.338 e. The van der Waals surface area contributed by atoms with Crippen molar-refractivity contribution >= 4 is 16.9 Å². The van der Waals surface area contributed by atoms with E-state index in [1.165, 1.54) is 48.3 Å². The van der Waals surface area contributed by atoms with Gasteiger partial charge in [-0.3, -0.25) is 0 Å². The molecular formula is C29H35O2S+. The van der Waals surface area contributed by atoms with E-state index in [0.29, 0.717) is 12.2 Å². The summed E-state index contributed by atoms with van der Waals surface area (Å²) in [5.41, 5.74) is 0.631. The minimum Gasteiger partial charge on any atom is -0.462 e. The van der Waals surface area contributed by atoms with Gasteiger partial charge in [0.25, 0.3) is 0 Å². The minimum atomic E-state index is -0.263. The van der Waals surface area contributed by atoms with Gasteiger partial charge in [0, 0.05) is 6.07 Å². The van der Waals surface area contributed by atoms with Crippen molar-refractivity contribution in [3.63, 3.8) is 0 Å². The second-order valence-corrected chi connectivity index (χ2v) is 10.1. The first-order valence-electron chi connectivity index (χ1n) is 11.9. The summed E-state index contributed by atoms with van der Waals surface area (Å²) in [7, 11) is -0.263. The first-order valence-corrected chi connectivity index (χ1v) is 13.1. The van der Waals surface area contributed by atoms with Crippen LogP contribution in [0.3, 0.4) is 0 Å². The van der Waals surface area contributed by atoms with Gasteiger partial charge >= 0.3 is 5.97 Å². The zero-order chi connectivity index (χ0) is 22.4. The monoisotopic (exact) mass is 447 g/mol. The van der Waals surface area contributed by atoms with Crippen LogP contribution in [0.1, 0.15) is 68.6 Å². The van der Waals surface area contributed by atoms with Crippen molar-refractivity contribution in [1.29, 1.82) is 0 Å². The summed E-state index contributed by atoms with van der Waals surface area (Å²) in [5.74, 6) is -0.223. The van der Waals surface area contributed by atoms with E-state index in [1.54, 1.807) is 0 Å². The van der Waals surface area contributed by atoms with Gasteiger partial charge in [-0.25, -0.2) is 4.79 Å². The van der Waals surface area contributed by atoms with E-state index in [4.69, 9.17) is 4.74 Å². The topological polar surface area (TPSA) is 26.3 Å². The Morgan fingerprint density at radius 1 is 0.656 bits per heavy atom. The molecule has 32 heavy (non-hydrogen) atoms. The lowest BCUT2D eigenvalue weighted by Gasteiger charge is -2.09. The molecule has 0 aliphatic rings. The van der Waals surface area contributed by atoms with Crippen molar-refractivity contribution in [2.24, 2.45) is 0 Å². The zero-order valence-corrected chi connectivity index (χ0v) is 20.0. The third kappa shape index (κ3) is 7.56. The third-order valence-corrected chi connectivity index (χ3v) is 7.71. The molecule has 0 atom stereocenters. The molecule has 3 heteroatoms. The molecule has 0 fully saturated rings. The first kappa shape index (κ1) is 24.1. The van der Waals surface area contributed by atoms with E-state index in [2.05, 4.69) is 61.5 Å². The van der Waals surface area contributed by atoms with Crippen molar-refractivity contribution in [2.75, 3.05) is 6.61 Å². The maximum atomic E-state index is 12.7. The number of hydrogen-bond acceptors (Lipinski definition) is 2. The predicted octanol–water partition coefficient (Wildman–Crippen LogP) is 8.08. The lowest BCUT2D eigenvalue weighted by atomic mass is 10.1. The molecule has 2 nitrogen and oxygen atoms in total. The van der Waals surface area contributed by atoms with Gasteiger partial charge in [0.2, 0.25) is 0 Å². The van der Waals surface area contributed by atoms with E-state index in [1.807, 2.05) is 30.3 Å². The summed E-state index contributed by atoms with van der Waals surface area (Å²) < 4.78 is 5.58. The molecule has 3 rings (SSSR count). The highest BCUT2D eigenvalue weighted by Gasteiger charge is 2.29. The third-order valence-electron chi connectivity index (χ3n) is 5.49. The molecule has 3 aromatic carbocycles. The molecule has 0 saturated heterocycles. The van der Waals surface area contributed by atoms with Crippen molar-refractivity contribution in [3.05, 3.63) is 90.5 Å². The number of rotatable bonds is 13. The summed E-state index contributed by atoms with van der Waals surface area (Å²) in [5, 5.41) is 0. The highest BCUT2D eigenvalue weighted by molar-refractivity contribution is 7.97. The van der Waals surface area contributed by atoms with Crippen molar-refractivity contribution in [1.82, 2.24) is 0 Å². The van der Waals surface area contributed by atoms with Gasteiger partial charge in [-0.1, -0.05) is 94.3 Å². The molecule has 0 aromatic heterocycles. The van der Waals surface area contributed by atoms with Gasteiger partial charge in [0.05, 0.1) is 23.1 Å². The summed E-state index contributed by atoms with van der Waals surface area (Å²) in [6.07, 6.45) is 9.88. The highest BCUT2D eigenvalue weighted by Crippen LogP contribution is 2.31. The fourth-order valence-corrected chi connectivity index (χ4v) is 5.89. The Labute approximate surface area is 196 Å². The van der Waals surface area contributed by atoms with Crippen LogP contribution in [-0.2, 0) is 15.6 Å². The Kier molecular flexibility index (Phi) is 10.4. The van der Waals surface area contributed by atoms with E-state index in [9.17, 15) is 4.79 Å². The fourth-order valence-electron chi connectivity index (χ4n) is 3.76. The molecule has 0 bridgehead atoms. The van der Waals surface area contributed by atoms with Gasteiger partial charge in [-0.2, -0.15) is 0 Å². The van der Waals surface area contributed by atoms with Gasteiger partial charge in [-0.05, 0) is 42.8 Å². The molecule has 0 aliphatic carbocycles. The molecule has 0 aliphatic heterocycles. The fraction of sp³-hybridized carbons (Fsp3) is 0.345. The van der Waals surface area contributed by atoms with Crippen LogP contribution in [0.2, 0.25) is 0 Å². The van der Waals surface area contributed by atoms with Crippen molar-refractivity contribution in [2.45, 2.75) is 73.0 Å². The van der Waals surface area contributed by atoms with E-state index in [-0.39, 0.29) is 16.9 Å². The number of unbranched alkanes of at least 4 members (excludes halogenated alkanes) is 7. The molecule has 0 spiro atoms. The zero-order valence-electron chi connectivity index (χ0n) is 19.2. The largest absolute Gasteiger partial charge is 0.462 e. The molecule has 0 N–H and O–H groups in total. The molecule has 168 valence electrons. The van der Waals surface area contributed by atoms with E-state index in [0.717, 1.165) is 17.7 Å². The van der Waals surface area contributed by atoms with Crippen molar-refractivity contribution < 1.29 is 9.53 Å². The second-order valence-electron chi connectivity index (χ2n) is 8.07. The van der Waals surface area contributed by atoms with Crippen LogP contribution in [0.4, 0.5) is 0 Å². The predicted molar refractivity (Wildman–Crippen MR) is 134 cm³/mol. The van der Waals surface area contributed by atoms with Gasteiger partial charge in [0.15, 0.2) is 14.7 Å². The Morgan fingerprint density at radius 2 is 1.19 bits per heavy atom. The van der Waals surface area contributed by atoms with Gasteiger partial charge in [0.1, 0.15) is 0 Å². The Balaban J connectivity index is 1.59. The maximum absolute atomic E-state index is 12.7. The van der Waals surface area contributed by atoms with Gasteiger partial charge < -0.3 is 4.74 Å². The number of hydrogen-bond donors (Lipinski definition) is 0. The maximum Gasteiger partial charge on any atom is 0.338 e. The number of esters is 1. The van der Waals surface area contributed by atoms with Crippen LogP contribution in [0.25, 0.3) is 0 Å². The number of carbonyl (C=O) groups excluding carboxylic acids is 1. The van der Waals surface area contributed by atoms with Crippen LogP contribution in [0, 0.1) is 0 Å². The molecule has 0 amide bonds. The Bertz CT molecular complexity index is 885. The summed E-state index contributed by atoms with van der Waals surface area (Å²) in [4.78, 5) is 16.3. The lowest BCUT2D eigenvalue weighted by molar-refractivity contribution is 0.0497. The summed E-state index contributed by atoms with van der Waals surface area (Å²) in [6, 6.07) is 28.9. The number of ether oxygens (including phenoxy) is 1. The lowest BCUT2D eigenvalue weighted by Crippen LogP contribution is -2.09. The molecule has 0 heterocycles. The Morgan fingerprint density at radius 3 is 1.78 bits per heavy atom. The van der Waals surface area contributed by atoms with Crippen LogP contribution in [0.15, 0.2) is 99.6 Å². The molecular weight excluding hydrogens is 412 g/mol. The van der Waals surface area contributed by atoms with Crippen LogP contribution >= 0.6 is 0 Å². The SMILES string of the molecule is CCCCCCCCCCOC(=O)c1cccc([S+](c2ccccc2)c2ccccc2)c1. The highest BCUT2D eigenvalue weighted by atomic mass is 32.2. The summed E-state index contributed by atoms with van der Waals surface area (Å²) >= 11 is 0. The van der Waals surface area contributed by atoms with Crippen LogP contribution in [0.5, 0.6) is 0 Å².